The lowest BCUT2D eigenvalue weighted by molar-refractivity contribution is 0.102. The van der Waals surface area contributed by atoms with Gasteiger partial charge >= 0.3 is 0 Å². The van der Waals surface area contributed by atoms with Gasteiger partial charge in [0.1, 0.15) is 17.8 Å². The van der Waals surface area contributed by atoms with Crippen LogP contribution < -0.4 is 10.6 Å². The van der Waals surface area contributed by atoms with Gasteiger partial charge in [-0.2, -0.15) is 0 Å². The minimum atomic E-state index is -0.283. The molecule has 0 aliphatic rings. The molecule has 0 bridgehead atoms. The number of hydrogen-bond donors (Lipinski definition) is 2. The third-order valence-corrected chi connectivity index (χ3v) is 4.25. The first-order valence-electron chi connectivity index (χ1n) is 7.79. The Balaban J connectivity index is 1.69. The topological polar surface area (TPSA) is 66.9 Å². The molecule has 0 aliphatic heterocycles. The molecule has 25 heavy (non-hydrogen) atoms. The van der Waals surface area contributed by atoms with E-state index in [1.807, 2.05) is 55.5 Å². The Morgan fingerprint density at radius 1 is 1.08 bits per heavy atom. The molecule has 1 amide bonds. The number of anilines is 2. The molecule has 126 valence electrons. The van der Waals surface area contributed by atoms with Crippen LogP contribution in [0, 0.1) is 6.92 Å². The quantitative estimate of drug-likeness (QED) is 0.669. The molecule has 5 nitrogen and oxygen atoms in total. The van der Waals surface area contributed by atoms with Crippen molar-refractivity contribution in [3.63, 3.8) is 0 Å². The highest BCUT2D eigenvalue weighted by Gasteiger charge is 2.11. The molecule has 0 saturated carbocycles. The summed E-state index contributed by atoms with van der Waals surface area (Å²) in [5.74, 6) is 0.321. The van der Waals surface area contributed by atoms with Gasteiger partial charge in [-0.15, -0.1) is 0 Å². The highest BCUT2D eigenvalue weighted by molar-refractivity contribution is 9.10. The fourth-order valence-corrected chi connectivity index (χ4v) is 2.87. The third kappa shape index (κ3) is 4.64. The smallest absolute Gasteiger partial charge is 0.274 e. The summed E-state index contributed by atoms with van der Waals surface area (Å²) in [6, 6.07) is 17.4. The van der Waals surface area contributed by atoms with Crippen molar-refractivity contribution in [2.45, 2.75) is 13.5 Å². The maximum absolute atomic E-state index is 12.4. The van der Waals surface area contributed by atoms with E-state index < -0.39 is 0 Å². The molecule has 2 N–H and O–H groups in total. The predicted octanol–water partition coefficient (Wildman–Crippen LogP) is 4.41. The van der Waals surface area contributed by atoms with Crippen molar-refractivity contribution in [2.75, 3.05) is 10.6 Å². The van der Waals surface area contributed by atoms with Gasteiger partial charge in [0.2, 0.25) is 0 Å². The average Bonchev–Trinajstić information content (AvgIpc) is 2.63. The van der Waals surface area contributed by atoms with E-state index in [1.165, 1.54) is 6.33 Å². The zero-order valence-corrected chi connectivity index (χ0v) is 15.2. The van der Waals surface area contributed by atoms with Crippen LogP contribution in [0.5, 0.6) is 0 Å². The number of aryl methyl sites for hydroxylation is 1. The minimum absolute atomic E-state index is 0.283. The summed E-state index contributed by atoms with van der Waals surface area (Å²) in [6.07, 6.45) is 1.38. The second kappa shape index (κ2) is 7.90. The number of aromatic nitrogens is 2. The normalized spacial score (nSPS) is 10.3. The third-order valence-electron chi connectivity index (χ3n) is 3.59. The highest BCUT2D eigenvalue weighted by Crippen LogP contribution is 2.23. The Labute approximate surface area is 154 Å². The van der Waals surface area contributed by atoms with Gasteiger partial charge < -0.3 is 10.6 Å². The maximum atomic E-state index is 12.4. The summed E-state index contributed by atoms with van der Waals surface area (Å²) >= 11 is 3.45. The lowest BCUT2D eigenvalue weighted by Gasteiger charge is -2.09. The molecule has 1 heterocycles. The molecule has 2 aromatic carbocycles. The van der Waals surface area contributed by atoms with E-state index in [9.17, 15) is 4.79 Å². The van der Waals surface area contributed by atoms with Gasteiger partial charge in [-0.25, -0.2) is 9.97 Å². The Morgan fingerprint density at radius 3 is 2.64 bits per heavy atom. The van der Waals surface area contributed by atoms with Gasteiger partial charge in [-0.3, -0.25) is 4.79 Å². The zero-order valence-electron chi connectivity index (χ0n) is 13.7. The Hall–Kier alpha value is -2.73. The van der Waals surface area contributed by atoms with Gasteiger partial charge in [0, 0.05) is 17.1 Å². The molecule has 1 aromatic heterocycles. The summed E-state index contributed by atoms with van der Waals surface area (Å²) in [4.78, 5) is 20.6. The summed E-state index contributed by atoms with van der Waals surface area (Å²) in [5, 5.41) is 6.05. The maximum Gasteiger partial charge on any atom is 0.274 e. The van der Waals surface area contributed by atoms with Crippen molar-refractivity contribution in [1.82, 2.24) is 9.97 Å². The van der Waals surface area contributed by atoms with Crippen molar-refractivity contribution in [3.05, 3.63) is 82.2 Å². The lowest BCUT2D eigenvalue weighted by Crippen LogP contribution is -2.15. The van der Waals surface area contributed by atoms with Gasteiger partial charge in [0.05, 0.1) is 5.69 Å². The first-order valence-corrected chi connectivity index (χ1v) is 8.58. The summed E-state index contributed by atoms with van der Waals surface area (Å²) in [5.41, 5.74) is 3.25. The fourth-order valence-electron chi connectivity index (χ4n) is 2.27. The van der Waals surface area contributed by atoms with Gasteiger partial charge in [0.25, 0.3) is 5.91 Å². The number of nitrogens with zero attached hydrogens (tertiary/aromatic N) is 2. The van der Waals surface area contributed by atoms with E-state index in [0.717, 1.165) is 15.6 Å². The molecule has 3 rings (SSSR count). The second-order valence-electron chi connectivity index (χ2n) is 5.57. The Bertz CT molecular complexity index is 884. The van der Waals surface area contributed by atoms with Crippen LogP contribution in [0.25, 0.3) is 0 Å². The molecule has 0 aliphatic carbocycles. The van der Waals surface area contributed by atoms with E-state index >= 15 is 0 Å². The molecule has 3 aromatic rings. The SMILES string of the molecule is Cc1ccc(NC(=O)c2cc(NCc3ccccc3)ncn2)c(Br)c1. The van der Waals surface area contributed by atoms with Crippen LogP contribution in [0.4, 0.5) is 11.5 Å². The summed E-state index contributed by atoms with van der Waals surface area (Å²) < 4.78 is 0.831. The van der Waals surface area contributed by atoms with Crippen LogP contribution >= 0.6 is 15.9 Å². The van der Waals surface area contributed by atoms with Crippen LogP contribution in [-0.4, -0.2) is 15.9 Å². The van der Waals surface area contributed by atoms with E-state index in [4.69, 9.17) is 0 Å². The van der Waals surface area contributed by atoms with E-state index in [-0.39, 0.29) is 5.91 Å². The monoisotopic (exact) mass is 396 g/mol. The van der Waals surface area contributed by atoms with Gasteiger partial charge in [-0.1, -0.05) is 36.4 Å². The number of halogens is 1. The molecule has 0 atom stereocenters. The van der Waals surface area contributed by atoms with Crippen LogP contribution in [-0.2, 0) is 6.54 Å². The number of carbonyl (C=O) groups excluding carboxylic acids is 1. The van der Waals surface area contributed by atoms with E-state index in [0.29, 0.717) is 23.7 Å². The Kier molecular flexibility index (Phi) is 5.40. The average molecular weight is 397 g/mol. The first-order chi connectivity index (χ1) is 12.1. The number of hydrogen-bond acceptors (Lipinski definition) is 4. The lowest BCUT2D eigenvalue weighted by atomic mass is 10.2. The standard InChI is InChI=1S/C19H17BrN4O/c1-13-7-8-16(15(20)9-13)24-19(25)17-10-18(23-12-22-17)21-11-14-5-3-2-4-6-14/h2-10,12H,11H2,1H3,(H,24,25)(H,21,22,23). The van der Waals surface area contributed by atoms with Crippen molar-refractivity contribution in [3.8, 4) is 0 Å². The van der Waals surface area contributed by atoms with Crippen LogP contribution in [0.15, 0.2) is 65.4 Å². The van der Waals surface area contributed by atoms with E-state index in [1.54, 1.807) is 6.07 Å². The zero-order chi connectivity index (χ0) is 17.6. The number of benzene rings is 2. The molecular weight excluding hydrogens is 380 g/mol. The van der Waals surface area contributed by atoms with Crippen molar-refractivity contribution in [1.29, 1.82) is 0 Å². The van der Waals surface area contributed by atoms with E-state index in [2.05, 4.69) is 36.5 Å². The number of nitrogens with one attached hydrogen (secondary N) is 2. The predicted molar refractivity (Wildman–Crippen MR) is 103 cm³/mol. The molecule has 0 spiro atoms. The molecule has 6 heteroatoms. The summed E-state index contributed by atoms with van der Waals surface area (Å²) in [6.45, 7) is 2.62. The minimum Gasteiger partial charge on any atom is -0.366 e. The second-order valence-corrected chi connectivity index (χ2v) is 6.42. The van der Waals surface area contributed by atoms with Crippen molar-refractivity contribution >= 4 is 33.3 Å². The fraction of sp³-hybridized carbons (Fsp3) is 0.105. The van der Waals surface area contributed by atoms with Crippen molar-refractivity contribution < 1.29 is 4.79 Å². The Morgan fingerprint density at radius 2 is 1.88 bits per heavy atom. The molecule has 0 saturated heterocycles. The van der Waals surface area contributed by atoms with Crippen molar-refractivity contribution in [2.24, 2.45) is 0 Å². The van der Waals surface area contributed by atoms with Crippen LogP contribution in [0.3, 0.4) is 0 Å². The van der Waals surface area contributed by atoms with Crippen LogP contribution in [0.2, 0.25) is 0 Å². The van der Waals surface area contributed by atoms with Gasteiger partial charge in [-0.05, 0) is 46.1 Å². The molecular formula is C19H17BrN4O. The van der Waals surface area contributed by atoms with Crippen LogP contribution in [0.1, 0.15) is 21.6 Å². The number of rotatable bonds is 5. The molecule has 0 fully saturated rings. The largest absolute Gasteiger partial charge is 0.366 e. The highest BCUT2D eigenvalue weighted by atomic mass is 79.9. The van der Waals surface area contributed by atoms with Gasteiger partial charge in [0.15, 0.2) is 0 Å². The molecule has 0 unspecified atom stereocenters. The summed E-state index contributed by atoms with van der Waals surface area (Å²) in [7, 11) is 0. The number of amides is 1. The number of carbonyl (C=O) groups is 1. The first kappa shape index (κ1) is 17.1. The molecule has 0 radical (unpaired) electrons.